The molecule has 146 valence electrons. The van der Waals surface area contributed by atoms with Gasteiger partial charge in [-0.3, -0.25) is 5.14 Å². The third-order valence-electron chi connectivity index (χ3n) is 4.95. The topological polar surface area (TPSA) is 87.6 Å². The summed E-state index contributed by atoms with van der Waals surface area (Å²) in [7, 11) is -1.44. The largest absolute Gasteiger partial charge is 0.493 e. The Labute approximate surface area is 167 Å². The predicted molar refractivity (Wildman–Crippen MR) is 110 cm³/mol. The van der Waals surface area contributed by atoms with E-state index in [1.165, 1.54) is 11.9 Å². The molecule has 1 unspecified atom stereocenters. The average molecular weight is 407 g/mol. The molecule has 0 heterocycles. The summed E-state index contributed by atoms with van der Waals surface area (Å²) in [5, 5.41) is 10.9. The monoisotopic (exact) mass is 406 g/mol. The molecule has 3 rings (SSSR count). The minimum Gasteiger partial charge on any atom is -0.493 e. The molecule has 1 saturated carbocycles. The average Bonchev–Trinajstić information content (AvgIpc) is 2.72. The van der Waals surface area contributed by atoms with Gasteiger partial charge in [0, 0.05) is 4.90 Å². The zero-order valence-electron chi connectivity index (χ0n) is 15.2. The first-order valence-corrected chi connectivity index (χ1v) is 11.2. The molecule has 1 fully saturated rings. The third kappa shape index (κ3) is 6.24. The van der Waals surface area contributed by atoms with Crippen molar-refractivity contribution in [1.29, 1.82) is 0 Å². The van der Waals surface area contributed by atoms with Crippen molar-refractivity contribution in [3.05, 3.63) is 48.5 Å². The summed E-state index contributed by atoms with van der Waals surface area (Å²) in [5.74, 6) is 2.88. The summed E-state index contributed by atoms with van der Waals surface area (Å²) in [6.45, 7) is 1.48. The highest BCUT2D eigenvalue weighted by atomic mass is 32.2. The van der Waals surface area contributed by atoms with Crippen LogP contribution in [0.2, 0.25) is 0 Å². The van der Waals surface area contributed by atoms with Crippen molar-refractivity contribution in [1.82, 2.24) is 0 Å². The van der Waals surface area contributed by atoms with Crippen molar-refractivity contribution >= 4 is 22.9 Å². The number of benzene rings is 2. The zero-order chi connectivity index (χ0) is 19.1. The Hall–Kier alpha value is -1.54. The SMILES string of the molecule is NSc1ccc(OCC2CCC(COc3ccc(S(N)=O)cc3)CC2)cc1. The molecular formula is C20H26N2O3S2. The van der Waals surface area contributed by atoms with Gasteiger partial charge in [-0.1, -0.05) is 0 Å². The Balaban J connectivity index is 1.36. The highest BCUT2D eigenvalue weighted by Gasteiger charge is 2.22. The van der Waals surface area contributed by atoms with E-state index >= 15 is 0 Å². The maximum absolute atomic E-state index is 11.2. The Morgan fingerprint density at radius 1 is 0.852 bits per heavy atom. The van der Waals surface area contributed by atoms with E-state index < -0.39 is 11.0 Å². The summed E-state index contributed by atoms with van der Waals surface area (Å²) in [5.41, 5.74) is 0. The lowest BCUT2D eigenvalue weighted by atomic mass is 9.83. The van der Waals surface area contributed by atoms with Gasteiger partial charge in [0.15, 0.2) is 0 Å². The molecule has 27 heavy (non-hydrogen) atoms. The summed E-state index contributed by atoms with van der Waals surface area (Å²) >= 11 is 1.24. The van der Waals surface area contributed by atoms with Crippen LogP contribution in [0.3, 0.4) is 0 Å². The Morgan fingerprint density at radius 3 is 1.70 bits per heavy atom. The summed E-state index contributed by atoms with van der Waals surface area (Å²) < 4.78 is 23.0. The van der Waals surface area contributed by atoms with Gasteiger partial charge in [-0.2, -0.15) is 0 Å². The second-order valence-corrected chi connectivity index (χ2v) is 8.64. The first-order valence-electron chi connectivity index (χ1n) is 9.12. The molecule has 2 aromatic carbocycles. The number of ether oxygens (including phenoxy) is 2. The molecule has 2 aromatic rings. The summed E-state index contributed by atoms with van der Waals surface area (Å²) in [4.78, 5) is 1.65. The van der Waals surface area contributed by atoms with Crippen LogP contribution in [0.5, 0.6) is 11.5 Å². The lowest BCUT2D eigenvalue weighted by Gasteiger charge is -2.28. The second-order valence-electron chi connectivity index (χ2n) is 6.87. The number of rotatable bonds is 8. The van der Waals surface area contributed by atoms with Crippen molar-refractivity contribution in [3.8, 4) is 11.5 Å². The molecule has 0 aromatic heterocycles. The highest BCUT2D eigenvalue weighted by Crippen LogP contribution is 2.30. The van der Waals surface area contributed by atoms with Gasteiger partial charge in [0.1, 0.15) is 22.5 Å². The van der Waals surface area contributed by atoms with Crippen molar-refractivity contribution in [2.45, 2.75) is 35.5 Å². The van der Waals surface area contributed by atoms with Crippen molar-refractivity contribution in [2.75, 3.05) is 13.2 Å². The highest BCUT2D eigenvalue weighted by molar-refractivity contribution is 7.97. The molecule has 0 saturated heterocycles. The normalized spacial score (nSPS) is 20.8. The van der Waals surface area contributed by atoms with E-state index in [9.17, 15) is 4.21 Å². The van der Waals surface area contributed by atoms with Crippen LogP contribution in [0.25, 0.3) is 0 Å². The smallest absolute Gasteiger partial charge is 0.122 e. The van der Waals surface area contributed by atoms with Gasteiger partial charge in [0.05, 0.1) is 18.1 Å². The van der Waals surface area contributed by atoms with Gasteiger partial charge in [0.2, 0.25) is 0 Å². The quantitative estimate of drug-likeness (QED) is 0.649. The first kappa shape index (κ1) is 20.2. The molecule has 7 heteroatoms. The maximum atomic E-state index is 11.2. The van der Waals surface area contributed by atoms with E-state index in [2.05, 4.69) is 0 Å². The van der Waals surface area contributed by atoms with Gasteiger partial charge in [0.25, 0.3) is 0 Å². The van der Waals surface area contributed by atoms with Crippen molar-refractivity contribution < 1.29 is 13.7 Å². The molecule has 1 aliphatic carbocycles. The minimum atomic E-state index is -1.44. The molecule has 0 amide bonds. The van der Waals surface area contributed by atoms with Gasteiger partial charge in [-0.05, 0) is 98.0 Å². The molecule has 0 bridgehead atoms. The van der Waals surface area contributed by atoms with E-state index in [1.807, 2.05) is 36.4 Å². The van der Waals surface area contributed by atoms with Crippen LogP contribution in [0.1, 0.15) is 25.7 Å². The molecule has 0 aliphatic heterocycles. The van der Waals surface area contributed by atoms with Crippen LogP contribution in [0, 0.1) is 11.8 Å². The van der Waals surface area contributed by atoms with Crippen LogP contribution in [-0.4, -0.2) is 17.4 Å². The summed E-state index contributed by atoms with van der Waals surface area (Å²) in [6, 6.07) is 15.1. The van der Waals surface area contributed by atoms with Crippen molar-refractivity contribution in [3.63, 3.8) is 0 Å². The van der Waals surface area contributed by atoms with Crippen molar-refractivity contribution in [2.24, 2.45) is 22.1 Å². The van der Waals surface area contributed by atoms with E-state index in [1.54, 1.807) is 12.1 Å². The molecule has 0 spiro atoms. The Bertz CT molecular complexity index is 730. The van der Waals surface area contributed by atoms with Crippen LogP contribution in [0.15, 0.2) is 58.3 Å². The fourth-order valence-corrected chi connectivity index (χ4v) is 3.97. The molecule has 4 N–H and O–H groups in total. The van der Waals surface area contributed by atoms with Crippen LogP contribution < -0.4 is 19.8 Å². The van der Waals surface area contributed by atoms with Gasteiger partial charge in [-0.15, -0.1) is 0 Å². The van der Waals surface area contributed by atoms with Gasteiger partial charge in [-0.25, -0.2) is 9.35 Å². The predicted octanol–water partition coefficient (Wildman–Crippen LogP) is 3.90. The van der Waals surface area contributed by atoms with Crippen LogP contribution >= 0.6 is 11.9 Å². The molecule has 5 nitrogen and oxygen atoms in total. The van der Waals surface area contributed by atoms with E-state index in [0.717, 1.165) is 55.3 Å². The van der Waals surface area contributed by atoms with E-state index in [-0.39, 0.29) is 0 Å². The first-order chi connectivity index (χ1) is 13.1. The fraction of sp³-hybridized carbons (Fsp3) is 0.400. The maximum Gasteiger partial charge on any atom is 0.122 e. The Kier molecular flexibility index (Phi) is 7.58. The van der Waals surface area contributed by atoms with Gasteiger partial charge < -0.3 is 9.47 Å². The van der Waals surface area contributed by atoms with Crippen LogP contribution in [-0.2, 0) is 11.0 Å². The van der Waals surface area contributed by atoms with Crippen LogP contribution in [0.4, 0.5) is 0 Å². The Morgan fingerprint density at radius 2 is 1.30 bits per heavy atom. The third-order valence-corrected chi connectivity index (χ3v) is 6.23. The fourth-order valence-electron chi connectivity index (χ4n) is 3.28. The minimum absolute atomic E-state index is 0.574. The summed E-state index contributed by atoms with van der Waals surface area (Å²) in [6.07, 6.45) is 4.63. The molecular weight excluding hydrogens is 380 g/mol. The second kappa shape index (κ2) is 10.1. The lowest BCUT2D eigenvalue weighted by molar-refractivity contribution is 0.148. The van der Waals surface area contributed by atoms with Gasteiger partial charge >= 0.3 is 0 Å². The molecule has 0 radical (unpaired) electrons. The van der Waals surface area contributed by atoms with E-state index in [0.29, 0.717) is 16.7 Å². The zero-order valence-corrected chi connectivity index (χ0v) is 16.8. The standard InChI is InChI=1S/C20H26N2O3S2/c21-26-19-9-5-17(6-10-19)24-13-15-1-3-16(4-2-15)14-25-18-7-11-20(12-8-18)27(22)23/h5-12,15-16H,1-4,13-14,21-22H2. The van der Waals surface area contributed by atoms with E-state index in [4.69, 9.17) is 19.8 Å². The lowest BCUT2D eigenvalue weighted by Crippen LogP contribution is -2.23. The number of hydrogen-bond acceptors (Lipinski definition) is 5. The number of hydrogen-bond donors (Lipinski definition) is 2. The molecule has 1 atom stereocenters. The molecule has 1 aliphatic rings. The number of nitrogens with two attached hydrogens (primary N) is 2.